The first-order valence-corrected chi connectivity index (χ1v) is 15.0. The van der Waals surface area contributed by atoms with E-state index < -0.39 is 30.1 Å². The van der Waals surface area contributed by atoms with Crippen molar-refractivity contribution in [1.29, 1.82) is 0 Å². The Balaban J connectivity index is 1.32. The van der Waals surface area contributed by atoms with Crippen LogP contribution in [-0.2, 0) is 16.1 Å². The summed E-state index contributed by atoms with van der Waals surface area (Å²) in [6, 6.07) is 17.1. The molecule has 3 atom stereocenters. The number of para-hydroxylation sites is 1. The number of halogens is 2. The van der Waals surface area contributed by atoms with E-state index in [4.69, 9.17) is 0 Å². The molecule has 228 valence electrons. The van der Waals surface area contributed by atoms with E-state index in [9.17, 15) is 14.4 Å². The average Bonchev–Trinajstić information content (AvgIpc) is 3.55. The Morgan fingerprint density at radius 3 is 2.47 bits per heavy atom. The summed E-state index contributed by atoms with van der Waals surface area (Å²) in [7, 11) is 0. The molecule has 2 aromatic carbocycles. The highest BCUT2D eigenvalue weighted by molar-refractivity contribution is 9.10. The lowest BCUT2D eigenvalue weighted by molar-refractivity contribution is -0.137. The van der Waals surface area contributed by atoms with E-state index in [-0.39, 0.29) is 30.4 Å². The predicted molar refractivity (Wildman–Crippen MR) is 170 cm³/mol. The molecule has 6 rings (SSSR count). The van der Waals surface area contributed by atoms with Crippen molar-refractivity contribution in [3.63, 3.8) is 0 Å². The lowest BCUT2D eigenvalue weighted by Gasteiger charge is -2.28. The first-order chi connectivity index (χ1) is 21.7. The fourth-order valence-electron chi connectivity index (χ4n) is 5.44. The Morgan fingerprint density at radius 1 is 1.00 bits per heavy atom. The van der Waals surface area contributed by atoms with Crippen LogP contribution in [0.4, 0.5) is 15.9 Å². The zero-order valence-electron chi connectivity index (χ0n) is 24.3. The van der Waals surface area contributed by atoms with Gasteiger partial charge in [-0.3, -0.25) is 19.1 Å². The number of nitrogens with one attached hydrogen (secondary N) is 2. The summed E-state index contributed by atoms with van der Waals surface area (Å²) in [6.45, 7) is 2.56. The van der Waals surface area contributed by atoms with E-state index in [0.717, 1.165) is 11.1 Å². The summed E-state index contributed by atoms with van der Waals surface area (Å²) in [5, 5.41) is 10.8. The fraction of sp³-hybridized carbons (Fsp3) is 0.219. The molecule has 1 fully saturated rings. The lowest BCUT2D eigenvalue weighted by Crippen LogP contribution is -2.51. The Bertz CT molecular complexity index is 1900. The van der Waals surface area contributed by atoms with Crippen molar-refractivity contribution in [1.82, 2.24) is 29.6 Å². The van der Waals surface area contributed by atoms with Gasteiger partial charge in [0.05, 0.1) is 18.1 Å². The molecule has 11 nitrogen and oxygen atoms in total. The highest BCUT2D eigenvalue weighted by Gasteiger charge is 2.48. The molecule has 1 saturated heterocycles. The van der Waals surface area contributed by atoms with Crippen LogP contribution in [0.5, 0.6) is 0 Å². The second kappa shape index (κ2) is 12.5. The molecule has 2 amide bonds. The molecule has 0 unspecified atom stereocenters. The van der Waals surface area contributed by atoms with Gasteiger partial charge in [0.15, 0.2) is 5.78 Å². The Hall–Kier alpha value is -5.04. The summed E-state index contributed by atoms with van der Waals surface area (Å²) < 4.78 is 17.6. The van der Waals surface area contributed by atoms with E-state index in [0.29, 0.717) is 27.0 Å². The number of benzene rings is 2. The van der Waals surface area contributed by atoms with Gasteiger partial charge in [-0.05, 0) is 64.8 Å². The molecule has 0 spiro atoms. The molecule has 13 heteroatoms. The van der Waals surface area contributed by atoms with Gasteiger partial charge < -0.3 is 15.5 Å². The van der Waals surface area contributed by atoms with E-state index >= 15 is 4.39 Å². The molecule has 0 saturated carbocycles. The first kappa shape index (κ1) is 30.0. The van der Waals surface area contributed by atoms with Crippen LogP contribution in [0, 0.1) is 6.92 Å². The number of carbonyl (C=O) groups excluding carboxylic acids is 3. The van der Waals surface area contributed by atoms with Crippen molar-refractivity contribution >= 4 is 55.9 Å². The number of anilines is 2. The minimum atomic E-state index is -1.55. The fourth-order valence-corrected chi connectivity index (χ4v) is 5.79. The number of fused-ring (bicyclic) bond motifs is 1. The van der Waals surface area contributed by atoms with Crippen molar-refractivity contribution in [3.8, 4) is 11.1 Å². The number of aryl methyl sites for hydroxylation is 1. The minimum Gasteiger partial charge on any atom is -0.377 e. The number of Topliss-reactive ketones (excluding diaryl/α,β-unsaturated/α-hetero) is 1. The van der Waals surface area contributed by atoms with Crippen LogP contribution >= 0.6 is 15.9 Å². The summed E-state index contributed by atoms with van der Waals surface area (Å²) in [6.07, 6.45) is 1.84. The molecule has 5 aromatic rings. The third-order valence-corrected chi connectivity index (χ3v) is 8.02. The number of amides is 2. The second-order valence-corrected chi connectivity index (χ2v) is 11.5. The standard InChI is InChI=1S/C32H28BrFN8O3/c1-18(43)29-23-13-20(21-14-35-19(2)36-15-21)11-12-25(23)42(40-29)17-28(44)41-16-24(34)30(37-22-7-4-3-5-8-22)31(41)32(45)39-27-10-6-9-26(33)38-27/h3-15,24,30-31,37H,16-17H2,1-2H3,(H,38,39,45)/t24-,30+,31-/m0/s1. The lowest BCUT2D eigenvalue weighted by atomic mass is 10.0. The first-order valence-electron chi connectivity index (χ1n) is 14.2. The number of likely N-dealkylation sites (tertiary alicyclic amines) is 1. The van der Waals surface area contributed by atoms with Gasteiger partial charge >= 0.3 is 0 Å². The summed E-state index contributed by atoms with van der Waals surface area (Å²) in [5.41, 5.74) is 2.88. The number of nitrogens with zero attached hydrogens (tertiary/aromatic N) is 6. The van der Waals surface area contributed by atoms with Crippen LogP contribution in [0.2, 0.25) is 0 Å². The van der Waals surface area contributed by atoms with Gasteiger partial charge in [0.1, 0.15) is 40.7 Å². The van der Waals surface area contributed by atoms with Gasteiger partial charge in [-0.15, -0.1) is 0 Å². The maximum absolute atomic E-state index is 15.7. The molecule has 1 aliphatic heterocycles. The van der Waals surface area contributed by atoms with Crippen LogP contribution in [0.25, 0.3) is 22.0 Å². The summed E-state index contributed by atoms with van der Waals surface area (Å²) in [4.78, 5) is 54.1. The normalized spacial score (nSPS) is 17.8. The van der Waals surface area contributed by atoms with E-state index in [1.54, 1.807) is 67.8 Å². The number of pyridine rings is 1. The molecule has 4 heterocycles. The van der Waals surface area contributed by atoms with Crippen molar-refractivity contribution in [2.75, 3.05) is 17.2 Å². The maximum atomic E-state index is 15.7. The van der Waals surface area contributed by atoms with E-state index in [1.807, 2.05) is 18.2 Å². The van der Waals surface area contributed by atoms with E-state index in [2.05, 4.69) is 46.6 Å². The largest absolute Gasteiger partial charge is 0.377 e. The van der Waals surface area contributed by atoms with Crippen LogP contribution in [0.15, 0.2) is 83.7 Å². The van der Waals surface area contributed by atoms with Crippen LogP contribution in [-0.4, -0.2) is 72.0 Å². The van der Waals surface area contributed by atoms with Crippen molar-refractivity contribution in [2.24, 2.45) is 0 Å². The molecule has 2 N–H and O–H groups in total. The highest BCUT2D eigenvalue weighted by atomic mass is 79.9. The predicted octanol–water partition coefficient (Wildman–Crippen LogP) is 4.83. The maximum Gasteiger partial charge on any atom is 0.250 e. The second-order valence-electron chi connectivity index (χ2n) is 10.7. The molecular weight excluding hydrogens is 643 g/mol. The number of ketones is 1. The molecule has 45 heavy (non-hydrogen) atoms. The molecule has 0 aliphatic carbocycles. The number of carbonyl (C=O) groups is 3. The zero-order chi connectivity index (χ0) is 31.7. The molecule has 3 aromatic heterocycles. The van der Waals surface area contributed by atoms with Gasteiger partial charge in [0.2, 0.25) is 5.91 Å². The summed E-state index contributed by atoms with van der Waals surface area (Å²) in [5.74, 6) is -0.523. The smallest absolute Gasteiger partial charge is 0.250 e. The van der Waals surface area contributed by atoms with Gasteiger partial charge in [-0.1, -0.05) is 30.3 Å². The van der Waals surface area contributed by atoms with Crippen molar-refractivity contribution < 1.29 is 18.8 Å². The monoisotopic (exact) mass is 670 g/mol. The number of aromatic nitrogens is 5. The quantitative estimate of drug-likeness (QED) is 0.177. The zero-order valence-corrected chi connectivity index (χ0v) is 25.9. The number of hydrogen-bond acceptors (Lipinski definition) is 8. The topological polar surface area (TPSA) is 135 Å². The third-order valence-electron chi connectivity index (χ3n) is 7.58. The van der Waals surface area contributed by atoms with Gasteiger partial charge in [-0.2, -0.15) is 5.10 Å². The Labute approximate surface area is 266 Å². The van der Waals surface area contributed by atoms with Crippen molar-refractivity contribution in [3.05, 3.63) is 95.2 Å². The Kier molecular flexibility index (Phi) is 8.35. The SMILES string of the molecule is CC(=O)c1nn(CC(=O)N2C[C@H](F)[C@@H](Nc3ccccc3)[C@H]2C(=O)Nc2cccc(Br)n2)c2ccc(-c3cnc(C)nc3)cc12. The number of alkyl halides is 1. The molecule has 0 radical (unpaired) electrons. The minimum absolute atomic E-state index is 0.191. The van der Waals surface area contributed by atoms with Crippen molar-refractivity contribution in [2.45, 2.75) is 38.6 Å². The Morgan fingerprint density at radius 2 is 1.76 bits per heavy atom. The molecule has 1 aliphatic rings. The van der Waals surface area contributed by atoms with Crippen LogP contribution < -0.4 is 10.6 Å². The third kappa shape index (κ3) is 6.29. The number of hydrogen-bond donors (Lipinski definition) is 2. The van der Waals surface area contributed by atoms with Gasteiger partial charge in [0, 0.05) is 36.0 Å². The summed E-state index contributed by atoms with van der Waals surface area (Å²) >= 11 is 3.29. The van der Waals surface area contributed by atoms with E-state index in [1.165, 1.54) is 16.5 Å². The van der Waals surface area contributed by atoms with Gasteiger partial charge in [-0.25, -0.2) is 19.3 Å². The van der Waals surface area contributed by atoms with Crippen LogP contribution in [0.1, 0.15) is 23.2 Å². The molecule has 0 bridgehead atoms. The highest BCUT2D eigenvalue weighted by Crippen LogP contribution is 2.29. The van der Waals surface area contributed by atoms with Crippen LogP contribution in [0.3, 0.4) is 0 Å². The molecular formula is C32H28BrFN8O3. The van der Waals surface area contributed by atoms with Gasteiger partial charge in [0.25, 0.3) is 5.91 Å². The average molecular weight is 672 g/mol. The number of rotatable bonds is 8.